The van der Waals surface area contributed by atoms with E-state index in [1.54, 1.807) is 11.1 Å². The van der Waals surface area contributed by atoms with Gasteiger partial charge in [-0.25, -0.2) is 0 Å². The van der Waals surface area contributed by atoms with E-state index < -0.39 is 8.80 Å². The van der Waals surface area contributed by atoms with Gasteiger partial charge in [-0.1, -0.05) is 102 Å². The number of hydrogen-bond acceptors (Lipinski definition) is 0. The molecule has 1 heteroatoms. The summed E-state index contributed by atoms with van der Waals surface area (Å²) in [4.78, 5) is 0. The SMILES string of the molecule is CC(C)C1=Cc2c(-c3ccc(C(C)(C)C)cc3)cccc2C1[Si](C)C. The molecule has 1 aliphatic rings. The molecule has 0 saturated heterocycles. The van der Waals surface area contributed by atoms with Crippen LogP contribution in [0.15, 0.2) is 48.0 Å². The second kappa shape index (κ2) is 6.61. The molecular formula is C24H31Si. The van der Waals surface area contributed by atoms with Gasteiger partial charge in [0.05, 0.1) is 8.80 Å². The first-order chi connectivity index (χ1) is 11.7. The highest BCUT2D eigenvalue weighted by Crippen LogP contribution is 2.45. The van der Waals surface area contributed by atoms with Crippen LogP contribution in [0.2, 0.25) is 13.1 Å². The number of fused-ring (bicyclic) bond motifs is 1. The predicted molar refractivity (Wildman–Crippen MR) is 114 cm³/mol. The molecule has 0 nitrogen and oxygen atoms in total. The lowest BCUT2D eigenvalue weighted by Crippen LogP contribution is -2.18. The molecular weight excluding hydrogens is 316 g/mol. The summed E-state index contributed by atoms with van der Waals surface area (Å²) in [5, 5.41) is 0. The van der Waals surface area contributed by atoms with E-state index in [1.807, 2.05) is 0 Å². The van der Waals surface area contributed by atoms with Crippen LogP contribution in [0, 0.1) is 5.92 Å². The highest BCUT2D eigenvalue weighted by Gasteiger charge is 2.31. The molecule has 131 valence electrons. The molecule has 0 spiro atoms. The van der Waals surface area contributed by atoms with Gasteiger partial charge >= 0.3 is 0 Å². The van der Waals surface area contributed by atoms with Crippen molar-refractivity contribution in [3.05, 3.63) is 64.7 Å². The van der Waals surface area contributed by atoms with Crippen LogP contribution in [0.25, 0.3) is 17.2 Å². The molecule has 0 N–H and O–H groups in total. The molecule has 3 rings (SSSR count). The lowest BCUT2D eigenvalue weighted by molar-refractivity contribution is 0.590. The van der Waals surface area contributed by atoms with Crippen LogP contribution in [0.4, 0.5) is 0 Å². The fourth-order valence-corrected chi connectivity index (χ4v) is 5.93. The molecule has 0 aromatic heterocycles. The van der Waals surface area contributed by atoms with Crippen molar-refractivity contribution in [3.63, 3.8) is 0 Å². The normalized spacial score (nSPS) is 17.2. The van der Waals surface area contributed by atoms with Crippen LogP contribution >= 0.6 is 0 Å². The summed E-state index contributed by atoms with van der Waals surface area (Å²) >= 11 is 0. The Bertz CT molecular complexity index is 786. The number of allylic oxidation sites excluding steroid dienone is 1. The zero-order valence-corrected chi connectivity index (χ0v) is 17.8. The lowest BCUT2D eigenvalue weighted by atomic mass is 9.86. The molecule has 2 aromatic rings. The highest BCUT2D eigenvalue weighted by molar-refractivity contribution is 6.58. The van der Waals surface area contributed by atoms with E-state index in [4.69, 9.17) is 0 Å². The van der Waals surface area contributed by atoms with Crippen molar-refractivity contribution >= 4 is 14.9 Å². The number of benzene rings is 2. The van der Waals surface area contributed by atoms with Gasteiger partial charge in [0.2, 0.25) is 0 Å². The fraction of sp³-hybridized carbons (Fsp3) is 0.417. The van der Waals surface area contributed by atoms with E-state index in [9.17, 15) is 0 Å². The number of rotatable bonds is 3. The van der Waals surface area contributed by atoms with Crippen LogP contribution in [0.3, 0.4) is 0 Å². The smallest absolute Gasteiger partial charge is 0.0552 e. The second-order valence-electron chi connectivity index (χ2n) is 8.95. The van der Waals surface area contributed by atoms with E-state index in [0.29, 0.717) is 11.5 Å². The minimum Gasteiger partial charge on any atom is -0.0705 e. The molecule has 1 aliphatic carbocycles. The molecule has 0 heterocycles. The Morgan fingerprint density at radius 2 is 1.56 bits per heavy atom. The molecule has 25 heavy (non-hydrogen) atoms. The summed E-state index contributed by atoms with van der Waals surface area (Å²) in [6.07, 6.45) is 2.50. The van der Waals surface area contributed by atoms with Gasteiger partial charge in [0.25, 0.3) is 0 Å². The molecule has 0 aliphatic heterocycles. The van der Waals surface area contributed by atoms with Crippen LogP contribution in [0.5, 0.6) is 0 Å². The molecule has 0 fully saturated rings. The Balaban J connectivity index is 2.09. The van der Waals surface area contributed by atoms with Gasteiger partial charge < -0.3 is 0 Å². The third-order valence-electron chi connectivity index (χ3n) is 5.40. The first-order valence-corrected chi connectivity index (χ1v) is 12.0. The Labute approximate surface area is 155 Å². The van der Waals surface area contributed by atoms with Crippen molar-refractivity contribution in [1.29, 1.82) is 0 Å². The van der Waals surface area contributed by atoms with Gasteiger partial charge in [-0.15, -0.1) is 0 Å². The highest BCUT2D eigenvalue weighted by atomic mass is 28.3. The van der Waals surface area contributed by atoms with Crippen LogP contribution in [-0.2, 0) is 5.41 Å². The molecule has 1 unspecified atom stereocenters. The quantitative estimate of drug-likeness (QED) is 0.520. The summed E-state index contributed by atoms with van der Waals surface area (Å²) in [6.45, 7) is 16.4. The average Bonchev–Trinajstić information content (AvgIpc) is 2.94. The largest absolute Gasteiger partial charge is 0.0705 e. The summed E-state index contributed by atoms with van der Waals surface area (Å²) in [5.41, 5.74) is 9.64. The third kappa shape index (κ3) is 3.39. The molecule has 0 saturated carbocycles. The minimum absolute atomic E-state index is 0.203. The van der Waals surface area contributed by atoms with E-state index >= 15 is 0 Å². The summed E-state index contributed by atoms with van der Waals surface area (Å²) < 4.78 is 0. The summed E-state index contributed by atoms with van der Waals surface area (Å²) in [7, 11) is -0.409. The van der Waals surface area contributed by atoms with E-state index in [1.165, 1.54) is 22.3 Å². The van der Waals surface area contributed by atoms with Gasteiger partial charge in [0.15, 0.2) is 0 Å². The van der Waals surface area contributed by atoms with Crippen molar-refractivity contribution in [3.8, 4) is 11.1 Å². The molecule has 2 aromatic carbocycles. The van der Waals surface area contributed by atoms with Crippen molar-refractivity contribution in [2.24, 2.45) is 5.92 Å². The first kappa shape index (κ1) is 18.2. The maximum absolute atomic E-state index is 2.50. The standard InChI is InChI=1S/C24H31Si/c1-16(2)21-15-22-19(9-8-10-20(22)23(21)25(6)7)17-11-13-18(14-12-17)24(3,4)5/h8-16,23H,1-7H3. The predicted octanol–water partition coefficient (Wildman–Crippen LogP) is 7.08. The minimum atomic E-state index is -0.409. The third-order valence-corrected chi connectivity index (χ3v) is 7.20. The topological polar surface area (TPSA) is 0 Å². The summed E-state index contributed by atoms with van der Waals surface area (Å²) in [5.74, 6) is 0.619. The zero-order valence-electron chi connectivity index (χ0n) is 16.8. The van der Waals surface area contributed by atoms with Crippen molar-refractivity contribution < 1.29 is 0 Å². The molecule has 0 bridgehead atoms. The van der Waals surface area contributed by atoms with E-state index in [2.05, 4.69) is 96.3 Å². The van der Waals surface area contributed by atoms with Gasteiger partial charge in [0.1, 0.15) is 0 Å². The average molecular weight is 348 g/mol. The summed E-state index contributed by atoms with van der Waals surface area (Å²) in [6, 6.07) is 16.1. The van der Waals surface area contributed by atoms with Crippen LogP contribution in [-0.4, -0.2) is 8.80 Å². The van der Waals surface area contributed by atoms with Crippen LogP contribution < -0.4 is 0 Å². The second-order valence-corrected chi connectivity index (χ2v) is 11.7. The Morgan fingerprint density at radius 1 is 0.920 bits per heavy atom. The van der Waals surface area contributed by atoms with Crippen molar-refractivity contribution in [2.45, 2.75) is 58.7 Å². The van der Waals surface area contributed by atoms with Gasteiger partial charge in [-0.05, 0) is 44.7 Å². The molecule has 0 amide bonds. The Hall–Kier alpha value is -1.60. The van der Waals surface area contributed by atoms with Gasteiger partial charge in [0, 0.05) is 0 Å². The Morgan fingerprint density at radius 3 is 2.08 bits per heavy atom. The van der Waals surface area contributed by atoms with E-state index in [0.717, 1.165) is 0 Å². The Kier molecular flexibility index (Phi) is 4.81. The monoisotopic (exact) mass is 347 g/mol. The fourth-order valence-electron chi connectivity index (χ4n) is 3.97. The number of hydrogen-bond donors (Lipinski definition) is 0. The molecule has 1 atom stereocenters. The van der Waals surface area contributed by atoms with E-state index in [-0.39, 0.29) is 5.41 Å². The van der Waals surface area contributed by atoms with Gasteiger partial charge in [-0.3, -0.25) is 0 Å². The van der Waals surface area contributed by atoms with Crippen molar-refractivity contribution in [1.82, 2.24) is 0 Å². The molecule has 1 radical (unpaired) electrons. The first-order valence-electron chi connectivity index (χ1n) is 9.45. The van der Waals surface area contributed by atoms with Crippen molar-refractivity contribution in [2.75, 3.05) is 0 Å². The maximum Gasteiger partial charge on any atom is 0.0552 e. The lowest BCUT2D eigenvalue weighted by Gasteiger charge is -2.22. The van der Waals surface area contributed by atoms with Crippen LogP contribution in [0.1, 0.15) is 56.9 Å². The maximum atomic E-state index is 2.50. The zero-order chi connectivity index (χ0) is 18.4. The van der Waals surface area contributed by atoms with Gasteiger partial charge in [-0.2, -0.15) is 0 Å².